The predicted octanol–water partition coefficient (Wildman–Crippen LogP) is 2.39. The van der Waals surface area contributed by atoms with Gasteiger partial charge < -0.3 is 4.74 Å². The number of carbonyl (C=O) groups is 1. The van der Waals surface area contributed by atoms with E-state index in [9.17, 15) is 4.79 Å². The summed E-state index contributed by atoms with van der Waals surface area (Å²) >= 11 is 0. The molecule has 0 aromatic heterocycles. The molecule has 1 aliphatic heterocycles. The monoisotopic (exact) mass is 272 g/mol. The number of piperidine rings is 1. The number of likely N-dealkylation sites (tertiary alicyclic amines) is 1. The third-order valence-electron chi connectivity index (χ3n) is 3.93. The molecule has 1 aromatic rings. The number of nitriles is 1. The first kappa shape index (κ1) is 14.5. The number of hydrogen-bond acceptors (Lipinski definition) is 4. The van der Waals surface area contributed by atoms with E-state index >= 15 is 0 Å². The zero-order valence-corrected chi connectivity index (χ0v) is 12.1. The van der Waals surface area contributed by atoms with Crippen molar-refractivity contribution in [1.82, 2.24) is 4.90 Å². The van der Waals surface area contributed by atoms with Gasteiger partial charge in [0, 0.05) is 6.54 Å². The summed E-state index contributed by atoms with van der Waals surface area (Å²) in [5.41, 5.74) is 2.94. The Bertz CT molecular complexity index is 534. The van der Waals surface area contributed by atoms with Crippen molar-refractivity contribution in [1.29, 1.82) is 5.26 Å². The third kappa shape index (κ3) is 3.17. The second-order valence-corrected chi connectivity index (χ2v) is 5.26. The molecule has 1 aromatic carbocycles. The molecule has 0 saturated carbocycles. The number of aryl methyl sites for hydroxylation is 1. The molecule has 0 N–H and O–H groups in total. The second-order valence-electron chi connectivity index (χ2n) is 5.26. The number of esters is 1. The Balaban J connectivity index is 2.15. The molecule has 1 saturated heterocycles. The zero-order valence-electron chi connectivity index (χ0n) is 12.1. The van der Waals surface area contributed by atoms with Gasteiger partial charge in [-0.1, -0.05) is 12.5 Å². The molecule has 0 unspecified atom stereocenters. The van der Waals surface area contributed by atoms with E-state index in [-0.39, 0.29) is 12.0 Å². The van der Waals surface area contributed by atoms with E-state index in [1.807, 2.05) is 25.1 Å². The Kier molecular flexibility index (Phi) is 4.75. The Morgan fingerprint density at radius 1 is 1.50 bits per heavy atom. The minimum absolute atomic E-state index is 0.135. The van der Waals surface area contributed by atoms with Crippen LogP contribution in [0.4, 0.5) is 0 Å². The van der Waals surface area contributed by atoms with Crippen molar-refractivity contribution in [2.24, 2.45) is 0 Å². The smallest absolute Gasteiger partial charge is 0.323 e. The highest BCUT2D eigenvalue weighted by Crippen LogP contribution is 2.22. The van der Waals surface area contributed by atoms with Crippen molar-refractivity contribution in [3.05, 3.63) is 34.9 Å². The number of nitrogens with zero attached hydrogens (tertiary/aromatic N) is 2. The van der Waals surface area contributed by atoms with E-state index in [2.05, 4.69) is 11.0 Å². The van der Waals surface area contributed by atoms with Gasteiger partial charge in [-0.25, -0.2) is 0 Å². The number of carbonyl (C=O) groups excluding carboxylic acids is 1. The molecular weight excluding hydrogens is 252 g/mol. The first-order valence-corrected chi connectivity index (χ1v) is 6.97. The highest BCUT2D eigenvalue weighted by Gasteiger charge is 2.29. The molecule has 0 spiro atoms. The Labute approximate surface area is 120 Å². The van der Waals surface area contributed by atoms with Crippen LogP contribution in [0, 0.1) is 18.3 Å². The summed E-state index contributed by atoms with van der Waals surface area (Å²) in [5, 5.41) is 8.90. The number of rotatable bonds is 3. The molecule has 1 atom stereocenters. The maximum absolute atomic E-state index is 11.8. The van der Waals surface area contributed by atoms with Gasteiger partial charge in [0.15, 0.2) is 0 Å². The van der Waals surface area contributed by atoms with Crippen molar-refractivity contribution in [2.45, 2.75) is 38.8 Å². The normalized spacial score (nSPS) is 19.4. The summed E-state index contributed by atoms with van der Waals surface area (Å²) in [6.07, 6.45) is 3.05. The standard InChI is InChI=1S/C16H20N2O2/c1-12-9-13(10-17)6-7-14(12)11-18-8-4-3-5-15(18)16(19)20-2/h6-7,9,15H,3-5,8,11H2,1-2H3/t15-/m1/s1. The zero-order chi connectivity index (χ0) is 14.5. The molecule has 0 radical (unpaired) electrons. The van der Waals surface area contributed by atoms with Gasteiger partial charge in [0.25, 0.3) is 0 Å². The minimum Gasteiger partial charge on any atom is -0.468 e. The van der Waals surface area contributed by atoms with Crippen LogP contribution in [0.1, 0.15) is 36.0 Å². The molecule has 1 aliphatic rings. The molecule has 106 valence electrons. The molecule has 0 aliphatic carbocycles. The lowest BCUT2D eigenvalue weighted by molar-refractivity contribution is -0.148. The minimum atomic E-state index is -0.143. The number of benzene rings is 1. The van der Waals surface area contributed by atoms with Gasteiger partial charge >= 0.3 is 5.97 Å². The van der Waals surface area contributed by atoms with Crippen LogP contribution in [0.3, 0.4) is 0 Å². The molecule has 1 fully saturated rings. The molecule has 1 heterocycles. The lowest BCUT2D eigenvalue weighted by atomic mass is 9.99. The molecule has 2 rings (SSSR count). The van der Waals surface area contributed by atoms with Crippen molar-refractivity contribution in [3.8, 4) is 6.07 Å². The molecule has 0 bridgehead atoms. The largest absolute Gasteiger partial charge is 0.468 e. The van der Waals surface area contributed by atoms with Crippen LogP contribution in [-0.4, -0.2) is 30.6 Å². The lowest BCUT2D eigenvalue weighted by Gasteiger charge is -2.34. The maximum atomic E-state index is 11.8. The Morgan fingerprint density at radius 3 is 2.95 bits per heavy atom. The fourth-order valence-corrected chi connectivity index (χ4v) is 2.74. The number of hydrogen-bond donors (Lipinski definition) is 0. The van der Waals surface area contributed by atoms with E-state index in [0.29, 0.717) is 5.56 Å². The quantitative estimate of drug-likeness (QED) is 0.793. The van der Waals surface area contributed by atoms with Gasteiger partial charge in [-0.3, -0.25) is 9.69 Å². The summed E-state index contributed by atoms with van der Waals surface area (Å²) in [5.74, 6) is -0.143. The van der Waals surface area contributed by atoms with Gasteiger partial charge in [-0.05, 0) is 49.6 Å². The predicted molar refractivity (Wildman–Crippen MR) is 76.0 cm³/mol. The fourth-order valence-electron chi connectivity index (χ4n) is 2.74. The highest BCUT2D eigenvalue weighted by atomic mass is 16.5. The van der Waals surface area contributed by atoms with Crippen LogP contribution < -0.4 is 0 Å². The van der Waals surface area contributed by atoms with Crippen molar-refractivity contribution in [2.75, 3.05) is 13.7 Å². The summed E-state index contributed by atoms with van der Waals surface area (Å²) < 4.78 is 4.90. The Morgan fingerprint density at radius 2 is 2.30 bits per heavy atom. The van der Waals surface area contributed by atoms with Crippen LogP contribution in [0.5, 0.6) is 0 Å². The van der Waals surface area contributed by atoms with E-state index in [1.165, 1.54) is 12.7 Å². The van der Waals surface area contributed by atoms with Crippen LogP contribution in [0.25, 0.3) is 0 Å². The highest BCUT2D eigenvalue weighted by molar-refractivity contribution is 5.75. The Hall–Kier alpha value is -1.86. The molecule has 4 heteroatoms. The molecule has 4 nitrogen and oxygen atoms in total. The van der Waals surface area contributed by atoms with E-state index in [0.717, 1.165) is 37.9 Å². The number of methoxy groups -OCH3 is 1. The fraction of sp³-hybridized carbons (Fsp3) is 0.500. The summed E-state index contributed by atoms with van der Waals surface area (Å²) in [7, 11) is 1.45. The number of ether oxygens (including phenoxy) is 1. The second kappa shape index (κ2) is 6.53. The SMILES string of the molecule is COC(=O)[C@H]1CCCCN1Cc1ccc(C#N)cc1C. The van der Waals surface area contributed by atoms with Gasteiger partial charge in [-0.15, -0.1) is 0 Å². The average molecular weight is 272 g/mol. The summed E-state index contributed by atoms with van der Waals surface area (Å²) in [4.78, 5) is 14.0. The van der Waals surface area contributed by atoms with Crippen LogP contribution >= 0.6 is 0 Å². The third-order valence-corrected chi connectivity index (χ3v) is 3.93. The van der Waals surface area contributed by atoms with Crippen molar-refractivity contribution >= 4 is 5.97 Å². The van der Waals surface area contributed by atoms with Gasteiger partial charge in [0.05, 0.1) is 18.7 Å². The summed E-state index contributed by atoms with van der Waals surface area (Å²) in [6.45, 7) is 3.66. The van der Waals surface area contributed by atoms with Gasteiger partial charge in [0.2, 0.25) is 0 Å². The van der Waals surface area contributed by atoms with E-state index in [1.54, 1.807) is 0 Å². The summed E-state index contributed by atoms with van der Waals surface area (Å²) in [6, 6.07) is 7.72. The van der Waals surface area contributed by atoms with Crippen molar-refractivity contribution in [3.63, 3.8) is 0 Å². The van der Waals surface area contributed by atoms with E-state index < -0.39 is 0 Å². The van der Waals surface area contributed by atoms with E-state index in [4.69, 9.17) is 10.00 Å². The average Bonchev–Trinajstić information content (AvgIpc) is 2.49. The molecule has 0 amide bonds. The lowest BCUT2D eigenvalue weighted by Crippen LogP contribution is -2.44. The van der Waals surface area contributed by atoms with Gasteiger partial charge in [-0.2, -0.15) is 5.26 Å². The molecular formula is C16H20N2O2. The first-order valence-electron chi connectivity index (χ1n) is 6.97. The first-order chi connectivity index (χ1) is 9.65. The topological polar surface area (TPSA) is 53.3 Å². The maximum Gasteiger partial charge on any atom is 0.323 e. The van der Waals surface area contributed by atoms with Gasteiger partial charge in [0.1, 0.15) is 6.04 Å². The van der Waals surface area contributed by atoms with Crippen LogP contribution in [0.2, 0.25) is 0 Å². The van der Waals surface area contributed by atoms with Crippen molar-refractivity contribution < 1.29 is 9.53 Å². The molecule has 20 heavy (non-hydrogen) atoms. The van der Waals surface area contributed by atoms with Crippen LogP contribution in [-0.2, 0) is 16.1 Å². The van der Waals surface area contributed by atoms with Crippen LogP contribution in [0.15, 0.2) is 18.2 Å².